The highest BCUT2D eigenvalue weighted by Gasteiger charge is 2.28. The average molecular weight is 302 g/mol. The Morgan fingerprint density at radius 3 is 2.53 bits per heavy atom. The SMILES string of the molecule is CN1CCN(C(=O)c2cc(Cl)cc(Cl)c2)C(CN)C1. The summed E-state index contributed by atoms with van der Waals surface area (Å²) in [6.07, 6.45) is 0. The van der Waals surface area contributed by atoms with Crippen molar-refractivity contribution in [3.05, 3.63) is 33.8 Å². The molecule has 1 atom stereocenters. The number of nitrogens with two attached hydrogens (primary N) is 1. The lowest BCUT2D eigenvalue weighted by Crippen LogP contribution is -2.56. The van der Waals surface area contributed by atoms with Gasteiger partial charge in [0, 0.05) is 41.8 Å². The summed E-state index contributed by atoms with van der Waals surface area (Å²) in [5.41, 5.74) is 6.27. The van der Waals surface area contributed by atoms with Gasteiger partial charge < -0.3 is 15.5 Å². The lowest BCUT2D eigenvalue weighted by molar-refractivity contribution is 0.0516. The van der Waals surface area contributed by atoms with E-state index in [4.69, 9.17) is 28.9 Å². The zero-order valence-corrected chi connectivity index (χ0v) is 12.3. The fourth-order valence-corrected chi connectivity index (χ4v) is 2.85. The van der Waals surface area contributed by atoms with Gasteiger partial charge in [-0.15, -0.1) is 0 Å². The topological polar surface area (TPSA) is 49.6 Å². The van der Waals surface area contributed by atoms with E-state index in [2.05, 4.69) is 4.90 Å². The van der Waals surface area contributed by atoms with Gasteiger partial charge in [0.05, 0.1) is 6.04 Å². The van der Waals surface area contributed by atoms with Crippen molar-refractivity contribution in [1.29, 1.82) is 0 Å². The molecule has 1 aliphatic heterocycles. The third-order valence-corrected chi connectivity index (χ3v) is 3.76. The quantitative estimate of drug-likeness (QED) is 0.905. The van der Waals surface area contributed by atoms with Gasteiger partial charge in [-0.3, -0.25) is 4.79 Å². The number of rotatable bonds is 2. The number of halogens is 2. The highest BCUT2D eigenvalue weighted by atomic mass is 35.5. The molecular formula is C13H17Cl2N3O. The molecule has 19 heavy (non-hydrogen) atoms. The van der Waals surface area contributed by atoms with Gasteiger partial charge in [0.15, 0.2) is 0 Å². The second kappa shape index (κ2) is 6.09. The number of hydrogen-bond acceptors (Lipinski definition) is 3. The summed E-state index contributed by atoms with van der Waals surface area (Å²) in [6, 6.07) is 4.93. The zero-order chi connectivity index (χ0) is 14.0. The minimum absolute atomic E-state index is 0.0315. The van der Waals surface area contributed by atoms with E-state index in [-0.39, 0.29) is 11.9 Å². The first-order chi connectivity index (χ1) is 9.01. The Kier molecular flexibility index (Phi) is 4.68. The lowest BCUT2D eigenvalue weighted by atomic mass is 10.1. The molecule has 0 radical (unpaired) electrons. The van der Waals surface area contributed by atoms with Crippen LogP contribution in [0.3, 0.4) is 0 Å². The van der Waals surface area contributed by atoms with Crippen molar-refractivity contribution < 1.29 is 4.79 Å². The Hall–Kier alpha value is -0.810. The number of piperazine rings is 1. The van der Waals surface area contributed by atoms with Gasteiger partial charge >= 0.3 is 0 Å². The van der Waals surface area contributed by atoms with E-state index in [0.717, 1.165) is 13.1 Å². The molecule has 2 N–H and O–H groups in total. The fraction of sp³-hybridized carbons (Fsp3) is 0.462. The minimum atomic E-state index is -0.0621. The Labute approximate surface area is 123 Å². The number of carbonyl (C=O) groups is 1. The number of hydrogen-bond donors (Lipinski definition) is 1. The van der Waals surface area contributed by atoms with Gasteiger partial charge in [-0.25, -0.2) is 0 Å². The molecule has 0 bridgehead atoms. The smallest absolute Gasteiger partial charge is 0.254 e. The summed E-state index contributed by atoms with van der Waals surface area (Å²) in [7, 11) is 2.03. The molecule has 1 aromatic carbocycles. The maximum atomic E-state index is 12.5. The molecule has 2 rings (SSSR count). The minimum Gasteiger partial charge on any atom is -0.332 e. The molecule has 1 unspecified atom stereocenters. The Bertz CT molecular complexity index is 461. The molecule has 1 saturated heterocycles. The molecule has 1 fully saturated rings. The van der Waals surface area contributed by atoms with Crippen LogP contribution in [0.15, 0.2) is 18.2 Å². The maximum Gasteiger partial charge on any atom is 0.254 e. The van der Waals surface area contributed by atoms with Gasteiger partial charge in [-0.1, -0.05) is 23.2 Å². The van der Waals surface area contributed by atoms with Crippen molar-refractivity contribution in [1.82, 2.24) is 9.80 Å². The van der Waals surface area contributed by atoms with Gasteiger partial charge in [-0.05, 0) is 25.2 Å². The second-order valence-electron chi connectivity index (χ2n) is 4.81. The number of benzene rings is 1. The summed E-state index contributed by atoms with van der Waals surface area (Å²) in [5, 5.41) is 0.934. The van der Waals surface area contributed by atoms with Crippen molar-refractivity contribution in [2.75, 3.05) is 33.2 Å². The zero-order valence-electron chi connectivity index (χ0n) is 10.8. The van der Waals surface area contributed by atoms with Crippen LogP contribution >= 0.6 is 23.2 Å². The third-order valence-electron chi connectivity index (χ3n) is 3.33. The largest absolute Gasteiger partial charge is 0.332 e. The van der Waals surface area contributed by atoms with Crippen LogP contribution in [0.4, 0.5) is 0 Å². The lowest BCUT2D eigenvalue weighted by Gasteiger charge is -2.39. The molecule has 0 aromatic heterocycles. The first kappa shape index (κ1) is 14.6. The molecule has 1 heterocycles. The number of likely N-dealkylation sites (N-methyl/N-ethyl adjacent to an activating group) is 1. The maximum absolute atomic E-state index is 12.5. The van der Waals surface area contributed by atoms with E-state index in [9.17, 15) is 4.79 Å². The first-order valence-corrected chi connectivity index (χ1v) is 6.92. The predicted octanol–water partition coefficient (Wildman–Crippen LogP) is 1.71. The van der Waals surface area contributed by atoms with Gasteiger partial charge in [-0.2, -0.15) is 0 Å². The molecule has 104 valence electrons. The van der Waals surface area contributed by atoms with E-state index in [1.807, 2.05) is 11.9 Å². The van der Waals surface area contributed by atoms with E-state index in [1.165, 1.54) is 0 Å². The van der Waals surface area contributed by atoms with Crippen LogP contribution in [0.1, 0.15) is 10.4 Å². The van der Waals surface area contributed by atoms with Crippen molar-refractivity contribution in [2.24, 2.45) is 5.73 Å². The van der Waals surface area contributed by atoms with Crippen molar-refractivity contribution in [3.8, 4) is 0 Å². The molecule has 1 aromatic rings. The summed E-state index contributed by atoms with van der Waals surface area (Å²) in [4.78, 5) is 16.5. The van der Waals surface area contributed by atoms with Crippen LogP contribution in [0.5, 0.6) is 0 Å². The highest BCUT2D eigenvalue weighted by Crippen LogP contribution is 2.21. The van der Waals surface area contributed by atoms with E-state index < -0.39 is 0 Å². The Morgan fingerprint density at radius 1 is 1.32 bits per heavy atom. The second-order valence-corrected chi connectivity index (χ2v) is 5.68. The van der Waals surface area contributed by atoms with Crippen LogP contribution < -0.4 is 5.73 Å². The van der Waals surface area contributed by atoms with E-state index >= 15 is 0 Å². The van der Waals surface area contributed by atoms with Gasteiger partial charge in [0.1, 0.15) is 0 Å². The highest BCUT2D eigenvalue weighted by molar-refractivity contribution is 6.35. The normalized spacial score (nSPS) is 20.6. The van der Waals surface area contributed by atoms with Crippen LogP contribution in [-0.2, 0) is 0 Å². The number of nitrogens with zero attached hydrogens (tertiary/aromatic N) is 2. The molecule has 1 amide bonds. The number of carbonyl (C=O) groups excluding carboxylic acids is 1. The molecule has 1 aliphatic rings. The molecule has 6 heteroatoms. The van der Waals surface area contributed by atoms with Crippen LogP contribution in [0, 0.1) is 0 Å². The molecular weight excluding hydrogens is 285 g/mol. The van der Waals surface area contributed by atoms with Crippen LogP contribution in [0.2, 0.25) is 10.0 Å². The Morgan fingerprint density at radius 2 is 1.95 bits per heavy atom. The average Bonchev–Trinajstić information content (AvgIpc) is 2.36. The summed E-state index contributed by atoms with van der Waals surface area (Å²) in [6.45, 7) is 2.75. The van der Waals surface area contributed by atoms with Crippen molar-refractivity contribution in [2.45, 2.75) is 6.04 Å². The third kappa shape index (κ3) is 3.39. The standard InChI is InChI=1S/C13H17Cl2N3O/c1-17-2-3-18(12(7-16)8-17)13(19)9-4-10(14)6-11(15)5-9/h4-6,12H,2-3,7-8,16H2,1H3. The van der Waals surface area contributed by atoms with E-state index in [0.29, 0.717) is 28.7 Å². The molecule has 0 aliphatic carbocycles. The first-order valence-electron chi connectivity index (χ1n) is 6.17. The number of amides is 1. The van der Waals surface area contributed by atoms with Crippen molar-refractivity contribution in [3.63, 3.8) is 0 Å². The Balaban J connectivity index is 2.22. The predicted molar refractivity (Wildman–Crippen MR) is 77.8 cm³/mol. The van der Waals surface area contributed by atoms with Crippen LogP contribution in [-0.4, -0.2) is 55.0 Å². The molecule has 0 saturated carbocycles. The van der Waals surface area contributed by atoms with Gasteiger partial charge in [0.2, 0.25) is 0 Å². The van der Waals surface area contributed by atoms with E-state index in [1.54, 1.807) is 18.2 Å². The van der Waals surface area contributed by atoms with Crippen LogP contribution in [0.25, 0.3) is 0 Å². The fourth-order valence-electron chi connectivity index (χ4n) is 2.32. The monoisotopic (exact) mass is 301 g/mol. The summed E-state index contributed by atoms with van der Waals surface area (Å²) >= 11 is 11.9. The summed E-state index contributed by atoms with van der Waals surface area (Å²) in [5.74, 6) is -0.0621. The summed E-state index contributed by atoms with van der Waals surface area (Å²) < 4.78 is 0. The van der Waals surface area contributed by atoms with Gasteiger partial charge in [0.25, 0.3) is 5.91 Å². The molecule has 0 spiro atoms. The molecule has 4 nitrogen and oxygen atoms in total. The van der Waals surface area contributed by atoms with Crippen molar-refractivity contribution >= 4 is 29.1 Å².